The number of aromatic nitrogens is 1. The van der Waals surface area contributed by atoms with Crippen molar-refractivity contribution in [3.05, 3.63) is 63.3 Å². The fourth-order valence-electron chi connectivity index (χ4n) is 2.31. The Bertz CT molecular complexity index is 512. The van der Waals surface area contributed by atoms with Gasteiger partial charge in [-0.2, -0.15) is 0 Å². The predicted octanol–water partition coefficient (Wildman–Crippen LogP) is 4.26. The third kappa shape index (κ3) is 4.89. The summed E-state index contributed by atoms with van der Waals surface area (Å²) in [7, 11) is 0. The van der Waals surface area contributed by atoms with Crippen LogP contribution in [0.2, 0.25) is 5.02 Å². The molecule has 1 aromatic heterocycles. The lowest BCUT2D eigenvalue weighted by Gasteiger charge is -2.18. The van der Waals surface area contributed by atoms with E-state index >= 15 is 0 Å². The molecule has 0 aliphatic rings. The summed E-state index contributed by atoms with van der Waals surface area (Å²) in [5, 5.41) is 4.33. The molecule has 4 heteroatoms. The second-order valence-corrected chi connectivity index (χ2v) is 6.16. The van der Waals surface area contributed by atoms with Crippen molar-refractivity contribution in [3.8, 4) is 0 Å². The molecule has 0 saturated heterocycles. The highest BCUT2D eigenvalue weighted by atomic mass is 79.9. The Morgan fingerprint density at radius 1 is 1.20 bits per heavy atom. The van der Waals surface area contributed by atoms with E-state index in [1.807, 2.05) is 30.6 Å². The fourth-order valence-corrected chi connectivity index (χ4v) is 2.93. The Balaban J connectivity index is 2.07. The van der Waals surface area contributed by atoms with Crippen molar-refractivity contribution in [3.63, 3.8) is 0 Å². The van der Waals surface area contributed by atoms with E-state index in [9.17, 15) is 0 Å². The minimum absolute atomic E-state index is 0.384. The van der Waals surface area contributed by atoms with Gasteiger partial charge in [-0.05, 0) is 64.6 Å². The highest BCUT2D eigenvalue weighted by Crippen LogP contribution is 2.15. The van der Waals surface area contributed by atoms with Crippen LogP contribution < -0.4 is 5.32 Å². The molecule has 20 heavy (non-hydrogen) atoms. The molecule has 2 aromatic rings. The zero-order valence-corrected chi connectivity index (χ0v) is 13.8. The fraction of sp³-hybridized carbons (Fsp3) is 0.312. The third-order valence-corrected chi connectivity index (χ3v) is 3.78. The van der Waals surface area contributed by atoms with Gasteiger partial charge in [0.25, 0.3) is 0 Å². The van der Waals surface area contributed by atoms with Gasteiger partial charge in [0.15, 0.2) is 0 Å². The van der Waals surface area contributed by atoms with Gasteiger partial charge in [0.05, 0.1) is 0 Å². The second-order valence-electron chi connectivity index (χ2n) is 4.80. The highest BCUT2D eigenvalue weighted by molar-refractivity contribution is 9.10. The zero-order chi connectivity index (χ0) is 14.4. The molecule has 2 rings (SSSR count). The van der Waals surface area contributed by atoms with Crippen LogP contribution in [0, 0.1) is 0 Å². The SMILES string of the molecule is CCNC(Cc1cccc(Cl)c1)Cc1cncc(Br)c1. The number of benzene rings is 1. The number of nitrogens with zero attached hydrogens (tertiary/aromatic N) is 1. The van der Waals surface area contributed by atoms with Crippen molar-refractivity contribution in [2.75, 3.05) is 6.54 Å². The minimum Gasteiger partial charge on any atom is -0.314 e. The molecule has 0 saturated carbocycles. The third-order valence-electron chi connectivity index (χ3n) is 3.11. The van der Waals surface area contributed by atoms with E-state index in [-0.39, 0.29) is 0 Å². The molecule has 1 atom stereocenters. The topological polar surface area (TPSA) is 24.9 Å². The molecule has 0 aliphatic heterocycles. The first-order valence-corrected chi connectivity index (χ1v) is 7.91. The number of rotatable bonds is 6. The lowest BCUT2D eigenvalue weighted by molar-refractivity contribution is 0.521. The summed E-state index contributed by atoms with van der Waals surface area (Å²) >= 11 is 9.52. The maximum Gasteiger partial charge on any atom is 0.0410 e. The summed E-state index contributed by atoms with van der Waals surface area (Å²) in [4.78, 5) is 4.22. The molecule has 2 nitrogen and oxygen atoms in total. The van der Waals surface area contributed by atoms with Crippen LogP contribution in [0.5, 0.6) is 0 Å². The Morgan fingerprint density at radius 2 is 2.00 bits per heavy atom. The molecule has 0 amide bonds. The molecule has 0 spiro atoms. The van der Waals surface area contributed by atoms with Crippen LogP contribution in [-0.4, -0.2) is 17.6 Å². The molecule has 0 bridgehead atoms. The molecular weight excluding hydrogens is 336 g/mol. The van der Waals surface area contributed by atoms with Crippen molar-refractivity contribution in [2.24, 2.45) is 0 Å². The lowest BCUT2D eigenvalue weighted by atomic mass is 10.00. The number of hydrogen-bond acceptors (Lipinski definition) is 2. The van der Waals surface area contributed by atoms with Crippen LogP contribution in [0.25, 0.3) is 0 Å². The van der Waals surface area contributed by atoms with Crippen LogP contribution in [0.3, 0.4) is 0 Å². The molecule has 0 radical (unpaired) electrons. The monoisotopic (exact) mass is 352 g/mol. The van der Waals surface area contributed by atoms with Gasteiger partial charge in [-0.15, -0.1) is 0 Å². The zero-order valence-electron chi connectivity index (χ0n) is 11.4. The Morgan fingerprint density at radius 3 is 2.70 bits per heavy atom. The van der Waals surface area contributed by atoms with Gasteiger partial charge in [0.1, 0.15) is 0 Å². The van der Waals surface area contributed by atoms with Gasteiger partial charge in [-0.25, -0.2) is 0 Å². The number of nitrogens with one attached hydrogen (secondary N) is 1. The summed E-state index contributed by atoms with van der Waals surface area (Å²) < 4.78 is 1.02. The van der Waals surface area contributed by atoms with Gasteiger partial charge in [0.2, 0.25) is 0 Å². The van der Waals surface area contributed by atoms with Gasteiger partial charge >= 0.3 is 0 Å². The van der Waals surface area contributed by atoms with Crippen LogP contribution in [0.4, 0.5) is 0 Å². The highest BCUT2D eigenvalue weighted by Gasteiger charge is 2.10. The molecule has 1 heterocycles. The standard InChI is InChI=1S/C16H18BrClN2/c1-2-20-16(8-12-4-3-5-15(18)7-12)9-13-6-14(17)11-19-10-13/h3-7,10-11,16,20H,2,8-9H2,1H3. The predicted molar refractivity (Wildman–Crippen MR) is 88.3 cm³/mol. The van der Waals surface area contributed by atoms with E-state index in [1.54, 1.807) is 0 Å². The smallest absolute Gasteiger partial charge is 0.0410 e. The molecule has 1 N–H and O–H groups in total. The second kappa shape index (κ2) is 7.77. The average molecular weight is 354 g/mol. The van der Waals surface area contributed by atoms with Crippen molar-refractivity contribution >= 4 is 27.5 Å². The minimum atomic E-state index is 0.384. The van der Waals surface area contributed by atoms with Gasteiger partial charge in [-0.3, -0.25) is 4.98 Å². The van der Waals surface area contributed by atoms with E-state index < -0.39 is 0 Å². The summed E-state index contributed by atoms with van der Waals surface area (Å²) in [6.07, 6.45) is 5.64. The summed E-state index contributed by atoms with van der Waals surface area (Å²) in [5.74, 6) is 0. The van der Waals surface area contributed by atoms with E-state index in [0.717, 1.165) is 28.9 Å². The summed E-state index contributed by atoms with van der Waals surface area (Å²) in [6.45, 7) is 3.08. The molecule has 1 aromatic carbocycles. The van der Waals surface area contributed by atoms with Gasteiger partial charge in [0, 0.05) is 27.9 Å². The number of hydrogen-bond donors (Lipinski definition) is 1. The van der Waals surface area contributed by atoms with E-state index in [2.05, 4.69) is 45.3 Å². The van der Waals surface area contributed by atoms with Crippen LogP contribution in [-0.2, 0) is 12.8 Å². The van der Waals surface area contributed by atoms with Crippen molar-refractivity contribution in [2.45, 2.75) is 25.8 Å². The molecule has 1 unspecified atom stereocenters. The molecule has 106 valence electrons. The van der Waals surface area contributed by atoms with E-state index in [4.69, 9.17) is 11.6 Å². The van der Waals surface area contributed by atoms with Crippen LogP contribution in [0.15, 0.2) is 47.2 Å². The molecule has 0 aliphatic carbocycles. The van der Waals surface area contributed by atoms with Crippen LogP contribution in [0.1, 0.15) is 18.1 Å². The molecular formula is C16H18BrClN2. The van der Waals surface area contributed by atoms with Crippen LogP contribution >= 0.6 is 27.5 Å². The van der Waals surface area contributed by atoms with E-state index in [0.29, 0.717) is 6.04 Å². The summed E-state index contributed by atoms with van der Waals surface area (Å²) in [5.41, 5.74) is 2.48. The molecule has 0 fully saturated rings. The van der Waals surface area contributed by atoms with Gasteiger partial charge in [-0.1, -0.05) is 30.7 Å². The average Bonchev–Trinajstić information content (AvgIpc) is 2.39. The van der Waals surface area contributed by atoms with Crippen molar-refractivity contribution in [1.82, 2.24) is 10.3 Å². The summed E-state index contributed by atoms with van der Waals surface area (Å²) in [6, 6.07) is 10.6. The Hall–Kier alpha value is -0.900. The first-order valence-electron chi connectivity index (χ1n) is 6.74. The number of likely N-dealkylation sites (N-methyl/N-ethyl adjacent to an activating group) is 1. The number of halogens is 2. The largest absolute Gasteiger partial charge is 0.314 e. The Labute approximate surface area is 133 Å². The maximum absolute atomic E-state index is 6.05. The first kappa shape index (κ1) is 15.5. The normalized spacial score (nSPS) is 12.3. The first-order chi connectivity index (χ1) is 9.67. The van der Waals surface area contributed by atoms with E-state index in [1.165, 1.54) is 11.1 Å². The quantitative estimate of drug-likeness (QED) is 0.839. The Kier molecular flexibility index (Phi) is 6.02. The lowest BCUT2D eigenvalue weighted by Crippen LogP contribution is -2.33. The van der Waals surface area contributed by atoms with Crippen molar-refractivity contribution < 1.29 is 0 Å². The van der Waals surface area contributed by atoms with Crippen molar-refractivity contribution in [1.29, 1.82) is 0 Å². The number of pyridine rings is 1. The maximum atomic E-state index is 6.05. The van der Waals surface area contributed by atoms with Gasteiger partial charge < -0.3 is 5.32 Å².